The number of nitrogens with zero attached hydrogens (tertiary/aromatic N) is 1. The Labute approximate surface area is 111 Å². The van der Waals surface area contributed by atoms with E-state index in [0.29, 0.717) is 6.42 Å². The lowest BCUT2D eigenvalue weighted by molar-refractivity contribution is -0.123. The second kappa shape index (κ2) is 5.50. The first-order valence-electron chi connectivity index (χ1n) is 6.03. The maximum atomic E-state index is 12.2. The number of thiophene rings is 1. The molecule has 1 amide bonds. The molecule has 1 aromatic heterocycles. The van der Waals surface area contributed by atoms with Crippen LogP contribution in [0.15, 0.2) is 29.6 Å². The van der Waals surface area contributed by atoms with Crippen LogP contribution in [0.4, 0.5) is 5.69 Å². The SMILES string of the molecule is CCC(CO)C(=O)N(C)c1csc2ccccc12. The number of anilines is 1. The highest BCUT2D eigenvalue weighted by Crippen LogP contribution is 2.32. The fourth-order valence-corrected chi connectivity index (χ4v) is 2.98. The zero-order chi connectivity index (χ0) is 13.1. The normalized spacial score (nSPS) is 12.6. The van der Waals surface area contributed by atoms with Crippen LogP contribution in [0.25, 0.3) is 10.1 Å². The van der Waals surface area contributed by atoms with Crippen LogP contribution < -0.4 is 4.90 Å². The molecule has 0 saturated heterocycles. The number of aliphatic hydroxyl groups excluding tert-OH is 1. The molecule has 2 rings (SSSR count). The molecule has 3 nitrogen and oxygen atoms in total. The minimum Gasteiger partial charge on any atom is -0.396 e. The van der Waals surface area contributed by atoms with Gasteiger partial charge in [0.15, 0.2) is 0 Å². The fourth-order valence-electron chi connectivity index (χ4n) is 2.00. The molecule has 0 aliphatic rings. The third kappa shape index (κ3) is 2.26. The first-order chi connectivity index (χ1) is 8.69. The minimum absolute atomic E-state index is 0.0245. The summed E-state index contributed by atoms with van der Waals surface area (Å²) in [7, 11) is 1.77. The molecule has 18 heavy (non-hydrogen) atoms. The lowest BCUT2D eigenvalue weighted by atomic mass is 10.1. The lowest BCUT2D eigenvalue weighted by Crippen LogP contribution is -2.34. The van der Waals surface area contributed by atoms with Gasteiger partial charge in [0.25, 0.3) is 0 Å². The van der Waals surface area contributed by atoms with Crippen LogP contribution in [-0.4, -0.2) is 24.7 Å². The van der Waals surface area contributed by atoms with Crippen molar-refractivity contribution in [2.75, 3.05) is 18.6 Å². The van der Waals surface area contributed by atoms with Crippen molar-refractivity contribution in [3.8, 4) is 0 Å². The number of aliphatic hydroxyl groups is 1. The summed E-state index contributed by atoms with van der Waals surface area (Å²) in [4.78, 5) is 13.9. The van der Waals surface area contributed by atoms with Crippen molar-refractivity contribution in [2.24, 2.45) is 5.92 Å². The molecule has 0 saturated carbocycles. The van der Waals surface area contributed by atoms with E-state index in [0.717, 1.165) is 11.1 Å². The van der Waals surface area contributed by atoms with E-state index in [1.165, 1.54) is 4.70 Å². The van der Waals surface area contributed by atoms with E-state index in [1.54, 1.807) is 23.3 Å². The number of amides is 1. The van der Waals surface area contributed by atoms with E-state index < -0.39 is 0 Å². The number of carbonyl (C=O) groups excluding carboxylic acids is 1. The molecule has 2 aromatic rings. The Bertz CT molecular complexity index is 545. The molecule has 1 unspecified atom stereocenters. The highest BCUT2D eigenvalue weighted by molar-refractivity contribution is 7.17. The summed E-state index contributed by atoms with van der Waals surface area (Å²) >= 11 is 1.63. The van der Waals surface area contributed by atoms with Crippen LogP contribution in [0, 0.1) is 5.92 Å². The van der Waals surface area contributed by atoms with Gasteiger partial charge in [-0.2, -0.15) is 0 Å². The second-order valence-electron chi connectivity index (χ2n) is 4.30. The van der Waals surface area contributed by atoms with Crippen LogP contribution in [0.1, 0.15) is 13.3 Å². The average Bonchev–Trinajstić information content (AvgIpc) is 2.83. The van der Waals surface area contributed by atoms with Crippen molar-refractivity contribution in [3.05, 3.63) is 29.6 Å². The van der Waals surface area contributed by atoms with E-state index in [9.17, 15) is 9.90 Å². The zero-order valence-corrected chi connectivity index (χ0v) is 11.4. The predicted octanol–water partition coefficient (Wildman–Crippen LogP) is 2.88. The molecule has 0 spiro atoms. The Morgan fingerprint density at radius 2 is 2.17 bits per heavy atom. The summed E-state index contributed by atoms with van der Waals surface area (Å²) < 4.78 is 1.17. The smallest absolute Gasteiger partial charge is 0.232 e. The summed E-state index contributed by atoms with van der Waals surface area (Å²) in [5.41, 5.74) is 0.924. The standard InChI is InChI=1S/C14H17NO2S/c1-3-10(8-16)14(17)15(2)12-9-18-13-7-5-4-6-11(12)13/h4-7,9-10,16H,3,8H2,1-2H3. The molecular weight excluding hydrogens is 246 g/mol. The van der Waals surface area contributed by atoms with Crippen molar-refractivity contribution < 1.29 is 9.90 Å². The quantitative estimate of drug-likeness (QED) is 0.921. The molecule has 1 aromatic carbocycles. The van der Waals surface area contributed by atoms with Crippen molar-refractivity contribution >= 4 is 33.0 Å². The lowest BCUT2D eigenvalue weighted by Gasteiger charge is -2.21. The number of hydrogen-bond donors (Lipinski definition) is 1. The van der Waals surface area contributed by atoms with Crippen LogP contribution in [-0.2, 0) is 4.79 Å². The maximum Gasteiger partial charge on any atom is 0.232 e. The Hall–Kier alpha value is -1.39. The first kappa shape index (κ1) is 13.1. The number of rotatable bonds is 4. The van der Waals surface area contributed by atoms with Crippen molar-refractivity contribution in [3.63, 3.8) is 0 Å². The van der Waals surface area contributed by atoms with Crippen LogP contribution in [0.2, 0.25) is 0 Å². The van der Waals surface area contributed by atoms with Crippen LogP contribution in [0.5, 0.6) is 0 Å². The van der Waals surface area contributed by atoms with Crippen molar-refractivity contribution in [1.82, 2.24) is 0 Å². The Morgan fingerprint density at radius 3 is 2.83 bits per heavy atom. The van der Waals surface area contributed by atoms with Crippen molar-refractivity contribution in [1.29, 1.82) is 0 Å². The molecule has 1 atom stereocenters. The molecule has 96 valence electrons. The van der Waals surface area contributed by atoms with Crippen LogP contribution >= 0.6 is 11.3 Å². The average molecular weight is 263 g/mol. The molecule has 0 aliphatic carbocycles. The summed E-state index contributed by atoms with van der Waals surface area (Å²) in [6, 6.07) is 8.03. The van der Waals surface area contributed by atoms with E-state index in [-0.39, 0.29) is 18.4 Å². The van der Waals surface area contributed by atoms with Gasteiger partial charge in [0.2, 0.25) is 5.91 Å². The van der Waals surface area contributed by atoms with Gasteiger partial charge in [-0.15, -0.1) is 11.3 Å². The summed E-state index contributed by atoms with van der Waals surface area (Å²) in [6.45, 7) is 1.82. The third-order valence-electron chi connectivity index (χ3n) is 3.21. The van der Waals surface area contributed by atoms with E-state index in [1.807, 2.05) is 36.6 Å². The molecule has 0 fully saturated rings. The van der Waals surface area contributed by atoms with Gasteiger partial charge in [-0.25, -0.2) is 0 Å². The second-order valence-corrected chi connectivity index (χ2v) is 5.21. The van der Waals surface area contributed by atoms with E-state index in [4.69, 9.17) is 0 Å². The summed E-state index contributed by atoms with van der Waals surface area (Å²) in [6.07, 6.45) is 0.655. The Kier molecular flexibility index (Phi) is 3.99. The largest absolute Gasteiger partial charge is 0.396 e. The highest BCUT2D eigenvalue weighted by Gasteiger charge is 2.22. The third-order valence-corrected chi connectivity index (χ3v) is 4.17. The molecular formula is C14H17NO2S. The van der Waals surface area contributed by atoms with Gasteiger partial charge in [0.1, 0.15) is 0 Å². The van der Waals surface area contributed by atoms with Gasteiger partial charge in [0, 0.05) is 22.5 Å². The van der Waals surface area contributed by atoms with Gasteiger partial charge >= 0.3 is 0 Å². The summed E-state index contributed by atoms with van der Waals surface area (Å²) in [5, 5.41) is 12.3. The molecule has 0 bridgehead atoms. The molecule has 1 heterocycles. The van der Waals surface area contributed by atoms with Gasteiger partial charge in [0.05, 0.1) is 18.2 Å². The van der Waals surface area contributed by atoms with Gasteiger partial charge < -0.3 is 10.0 Å². The van der Waals surface area contributed by atoms with Crippen molar-refractivity contribution in [2.45, 2.75) is 13.3 Å². The Morgan fingerprint density at radius 1 is 1.44 bits per heavy atom. The Balaban J connectivity index is 2.33. The fraction of sp³-hybridized carbons (Fsp3) is 0.357. The first-order valence-corrected chi connectivity index (χ1v) is 6.91. The molecule has 0 aliphatic heterocycles. The molecule has 4 heteroatoms. The number of hydrogen-bond acceptors (Lipinski definition) is 3. The maximum absolute atomic E-state index is 12.2. The van der Waals surface area contributed by atoms with Crippen LogP contribution in [0.3, 0.4) is 0 Å². The molecule has 0 radical (unpaired) electrons. The van der Waals surface area contributed by atoms with Gasteiger partial charge in [-0.1, -0.05) is 25.1 Å². The number of benzene rings is 1. The minimum atomic E-state index is -0.311. The van der Waals surface area contributed by atoms with E-state index >= 15 is 0 Å². The zero-order valence-electron chi connectivity index (χ0n) is 10.6. The topological polar surface area (TPSA) is 40.5 Å². The summed E-state index contributed by atoms with van der Waals surface area (Å²) in [5.74, 6) is -0.336. The van der Waals surface area contributed by atoms with Gasteiger partial charge in [-0.05, 0) is 12.5 Å². The predicted molar refractivity (Wildman–Crippen MR) is 76.1 cm³/mol. The molecule has 1 N–H and O–H groups in total. The number of fused-ring (bicyclic) bond motifs is 1. The van der Waals surface area contributed by atoms with E-state index in [2.05, 4.69) is 0 Å². The highest BCUT2D eigenvalue weighted by atomic mass is 32.1. The van der Waals surface area contributed by atoms with Gasteiger partial charge in [-0.3, -0.25) is 4.79 Å². The number of carbonyl (C=O) groups is 1. The monoisotopic (exact) mass is 263 g/mol.